The number of thioether (sulfide) groups is 1. The van der Waals surface area contributed by atoms with Crippen LogP contribution >= 0.6 is 11.8 Å². The van der Waals surface area contributed by atoms with Crippen molar-refractivity contribution >= 4 is 11.8 Å². The molecule has 1 saturated heterocycles. The van der Waals surface area contributed by atoms with E-state index in [0.29, 0.717) is 0 Å². The maximum atomic E-state index is 3.40. The summed E-state index contributed by atoms with van der Waals surface area (Å²) in [7, 11) is 0. The SMILES string of the molecule is CCNCCC(C)N1CCSC(C)C1. The molecule has 1 fully saturated rings. The van der Waals surface area contributed by atoms with Crippen molar-refractivity contribution in [3.8, 4) is 0 Å². The van der Waals surface area contributed by atoms with Crippen molar-refractivity contribution in [3.63, 3.8) is 0 Å². The van der Waals surface area contributed by atoms with Crippen LogP contribution in [-0.2, 0) is 0 Å². The molecule has 0 radical (unpaired) electrons. The molecule has 0 bridgehead atoms. The maximum absolute atomic E-state index is 3.40. The quantitative estimate of drug-likeness (QED) is 0.706. The average molecular weight is 216 g/mol. The smallest absolute Gasteiger partial charge is 0.0147 e. The zero-order valence-electron chi connectivity index (χ0n) is 9.75. The van der Waals surface area contributed by atoms with Crippen molar-refractivity contribution in [2.24, 2.45) is 0 Å². The second-order valence-electron chi connectivity index (χ2n) is 4.17. The van der Waals surface area contributed by atoms with E-state index in [0.717, 1.165) is 24.4 Å². The van der Waals surface area contributed by atoms with Gasteiger partial charge in [0.2, 0.25) is 0 Å². The molecule has 1 N–H and O–H groups in total. The van der Waals surface area contributed by atoms with Crippen molar-refractivity contribution < 1.29 is 0 Å². The van der Waals surface area contributed by atoms with Crippen LogP contribution in [0.3, 0.4) is 0 Å². The van der Waals surface area contributed by atoms with Crippen molar-refractivity contribution in [1.29, 1.82) is 0 Å². The zero-order valence-corrected chi connectivity index (χ0v) is 10.6. The number of nitrogens with one attached hydrogen (secondary N) is 1. The van der Waals surface area contributed by atoms with Gasteiger partial charge in [0, 0.05) is 30.1 Å². The van der Waals surface area contributed by atoms with E-state index in [4.69, 9.17) is 0 Å². The van der Waals surface area contributed by atoms with E-state index in [1.165, 1.54) is 25.3 Å². The Balaban J connectivity index is 2.18. The number of nitrogens with zero attached hydrogens (tertiary/aromatic N) is 1. The summed E-state index contributed by atoms with van der Waals surface area (Å²) in [6, 6.07) is 0.748. The highest BCUT2D eigenvalue weighted by molar-refractivity contribution is 7.99. The molecule has 3 heteroatoms. The predicted octanol–water partition coefficient (Wildman–Crippen LogP) is 1.81. The number of hydrogen-bond donors (Lipinski definition) is 1. The van der Waals surface area contributed by atoms with E-state index in [1.807, 2.05) is 0 Å². The topological polar surface area (TPSA) is 15.3 Å². The Morgan fingerprint density at radius 3 is 3.00 bits per heavy atom. The first-order valence-electron chi connectivity index (χ1n) is 5.80. The predicted molar refractivity (Wildman–Crippen MR) is 66.1 cm³/mol. The fourth-order valence-corrected chi connectivity index (χ4v) is 2.96. The minimum absolute atomic E-state index is 0.748. The summed E-state index contributed by atoms with van der Waals surface area (Å²) in [5.74, 6) is 1.31. The standard InChI is InChI=1S/C11H24N2S/c1-4-12-6-5-10(2)13-7-8-14-11(3)9-13/h10-12H,4-9H2,1-3H3. The molecule has 1 heterocycles. The number of hydrogen-bond acceptors (Lipinski definition) is 3. The Morgan fingerprint density at radius 1 is 1.57 bits per heavy atom. The molecule has 0 aromatic heterocycles. The molecule has 84 valence electrons. The molecule has 0 aromatic rings. The maximum Gasteiger partial charge on any atom is 0.0147 e. The van der Waals surface area contributed by atoms with Crippen LogP contribution in [0.5, 0.6) is 0 Å². The summed E-state index contributed by atoms with van der Waals surface area (Å²) in [6.45, 7) is 11.7. The van der Waals surface area contributed by atoms with Gasteiger partial charge in [-0.3, -0.25) is 4.90 Å². The molecule has 2 unspecified atom stereocenters. The van der Waals surface area contributed by atoms with Gasteiger partial charge in [-0.2, -0.15) is 11.8 Å². The second-order valence-corrected chi connectivity index (χ2v) is 5.71. The van der Waals surface area contributed by atoms with Gasteiger partial charge in [0.05, 0.1) is 0 Å². The molecule has 0 amide bonds. The van der Waals surface area contributed by atoms with Crippen LogP contribution < -0.4 is 5.32 Å². The largest absolute Gasteiger partial charge is 0.317 e. The van der Waals surface area contributed by atoms with Gasteiger partial charge in [-0.1, -0.05) is 13.8 Å². The Labute approximate surface area is 92.8 Å². The van der Waals surface area contributed by atoms with Gasteiger partial charge in [0.1, 0.15) is 0 Å². The number of rotatable bonds is 5. The molecular weight excluding hydrogens is 192 g/mol. The molecule has 14 heavy (non-hydrogen) atoms. The molecule has 0 saturated carbocycles. The summed E-state index contributed by atoms with van der Waals surface area (Å²) in [6.07, 6.45) is 1.28. The van der Waals surface area contributed by atoms with E-state index < -0.39 is 0 Å². The molecule has 2 atom stereocenters. The normalized spacial score (nSPS) is 26.4. The Bertz CT molecular complexity index is 152. The molecule has 0 aromatic carbocycles. The van der Waals surface area contributed by atoms with Crippen molar-refractivity contribution in [3.05, 3.63) is 0 Å². The Morgan fingerprint density at radius 2 is 2.36 bits per heavy atom. The lowest BCUT2D eigenvalue weighted by atomic mass is 10.2. The van der Waals surface area contributed by atoms with Crippen LogP contribution in [0.4, 0.5) is 0 Å². The highest BCUT2D eigenvalue weighted by atomic mass is 32.2. The fraction of sp³-hybridized carbons (Fsp3) is 1.00. The van der Waals surface area contributed by atoms with Crippen LogP contribution in [0, 0.1) is 0 Å². The van der Waals surface area contributed by atoms with Crippen molar-refractivity contribution in [1.82, 2.24) is 10.2 Å². The van der Waals surface area contributed by atoms with Gasteiger partial charge < -0.3 is 5.32 Å². The molecule has 2 nitrogen and oxygen atoms in total. The second kappa shape index (κ2) is 6.70. The first-order valence-corrected chi connectivity index (χ1v) is 6.85. The van der Waals surface area contributed by atoms with Gasteiger partial charge in [0.25, 0.3) is 0 Å². The van der Waals surface area contributed by atoms with Crippen molar-refractivity contribution in [2.45, 2.75) is 38.5 Å². The summed E-state index contributed by atoms with van der Waals surface area (Å²) >= 11 is 2.11. The fourth-order valence-electron chi connectivity index (χ4n) is 1.92. The summed E-state index contributed by atoms with van der Waals surface area (Å²) in [4.78, 5) is 2.64. The highest BCUT2D eigenvalue weighted by Crippen LogP contribution is 2.20. The molecule has 1 aliphatic rings. The highest BCUT2D eigenvalue weighted by Gasteiger charge is 2.20. The van der Waals surface area contributed by atoms with E-state index in [2.05, 4.69) is 42.7 Å². The molecule has 0 spiro atoms. The van der Waals surface area contributed by atoms with Crippen LogP contribution in [0.25, 0.3) is 0 Å². The molecule has 1 rings (SSSR count). The van der Waals surface area contributed by atoms with Gasteiger partial charge in [-0.05, 0) is 26.4 Å². The van der Waals surface area contributed by atoms with Gasteiger partial charge >= 0.3 is 0 Å². The Kier molecular flexibility index (Phi) is 5.90. The molecule has 0 aliphatic carbocycles. The van der Waals surface area contributed by atoms with Crippen LogP contribution in [0.15, 0.2) is 0 Å². The van der Waals surface area contributed by atoms with Crippen LogP contribution in [0.2, 0.25) is 0 Å². The Hall–Kier alpha value is 0.270. The van der Waals surface area contributed by atoms with Crippen molar-refractivity contribution in [2.75, 3.05) is 31.9 Å². The first kappa shape index (κ1) is 12.3. The molecular formula is C11H24N2S. The first-order chi connectivity index (χ1) is 6.74. The van der Waals surface area contributed by atoms with E-state index in [1.54, 1.807) is 0 Å². The zero-order chi connectivity index (χ0) is 10.4. The lowest BCUT2D eigenvalue weighted by Gasteiger charge is -2.35. The summed E-state index contributed by atoms with van der Waals surface area (Å²) in [5, 5.41) is 4.22. The van der Waals surface area contributed by atoms with Crippen LogP contribution in [-0.4, -0.2) is 48.1 Å². The van der Waals surface area contributed by atoms with E-state index in [9.17, 15) is 0 Å². The average Bonchev–Trinajstić information content (AvgIpc) is 2.18. The lowest BCUT2D eigenvalue weighted by molar-refractivity contribution is 0.208. The van der Waals surface area contributed by atoms with Crippen LogP contribution in [0.1, 0.15) is 27.2 Å². The molecule has 1 aliphatic heterocycles. The summed E-state index contributed by atoms with van der Waals surface area (Å²) in [5.41, 5.74) is 0. The lowest BCUT2D eigenvalue weighted by Crippen LogP contribution is -2.43. The van der Waals surface area contributed by atoms with Gasteiger partial charge in [-0.25, -0.2) is 0 Å². The third kappa shape index (κ3) is 4.20. The minimum Gasteiger partial charge on any atom is -0.317 e. The van der Waals surface area contributed by atoms with Gasteiger partial charge in [0.15, 0.2) is 0 Å². The minimum atomic E-state index is 0.748. The van der Waals surface area contributed by atoms with Gasteiger partial charge in [-0.15, -0.1) is 0 Å². The van der Waals surface area contributed by atoms with E-state index in [-0.39, 0.29) is 0 Å². The van der Waals surface area contributed by atoms with E-state index >= 15 is 0 Å². The summed E-state index contributed by atoms with van der Waals surface area (Å²) < 4.78 is 0. The third-order valence-electron chi connectivity index (χ3n) is 2.88. The monoisotopic (exact) mass is 216 g/mol. The third-order valence-corrected chi connectivity index (χ3v) is 4.02.